The van der Waals surface area contributed by atoms with Gasteiger partial charge in [0, 0.05) is 12.0 Å². The molecule has 4 heteroatoms. The lowest BCUT2D eigenvalue weighted by Crippen LogP contribution is -2.28. The van der Waals surface area contributed by atoms with Crippen LogP contribution in [0.2, 0.25) is 0 Å². The molecule has 1 unspecified atom stereocenters. The van der Waals surface area contributed by atoms with Crippen LogP contribution in [-0.4, -0.2) is 36.0 Å². The molecule has 4 nitrogen and oxygen atoms in total. The Balaban J connectivity index is 2.52. The van der Waals surface area contributed by atoms with Gasteiger partial charge in [0.05, 0.1) is 19.6 Å². The summed E-state index contributed by atoms with van der Waals surface area (Å²) in [6.45, 7) is 0.836. The topological polar surface area (TPSA) is 66.8 Å². The van der Waals surface area contributed by atoms with Crippen LogP contribution in [0, 0.1) is 5.41 Å². The summed E-state index contributed by atoms with van der Waals surface area (Å²) >= 11 is 0. The molecule has 11 heavy (non-hydrogen) atoms. The molecule has 1 saturated heterocycles. The summed E-state index contributed by atoms with van der Waals surface area (Å²) in [7, 11) is 0. The highest BCUT2D eigenvalue weighted by Crippen LogP contribution is 2.31. The van der Waals surface area contributed by atoms with Crippen LogP contribution >= 0.6 is 0 Å². The molecule has 0 saturated carbocycles. The minimum Gasteiger partial charge on any atom is -0.481 e. The van der Waals surface area contributed by atoms with Crippen molar-refractivity contribution in [3.05, 3.63) is 0 Å². The molecule has 0 amide bonds. The fourth-order valence-corrected chi connectivity index (χ4v) is 1.29. The van der Waals surface area contributed by atoms with Gasteiger partial charge in [-0.25, -0.2) is 0 Å². The number of aliphatic carboxylic acids is 1. The first-order chi connectivity index (χ1) is 5.18. The molecule has 1 fully saturated rings. The molecule has 0 radical (unpaired) electrons. The molecular weight excluding hydrogens is 148 g/mol. The Morgan fingerprint density at radius 3 is 2.73 bits per heavy atom. The van der Waals surface area contributed by atoms with Gasteiger partial charge in [0.15, 0.2) is 0 Å². The fraction of sp³-hybridized carbons (Fsp3) is 0.857. The van der Waals surface area contributed by atoms with Gasteiger partial charge in [-0.1, -0.05) is 0 Å². The summed E-state index contributed by atoms with van der Waals surface area (Å²) in [5.74, 6) is -0.871. The minimum atomic E-state index is -0.871. The molecular formula is C7H12O4. The molecule has 0 bridgehead atoms. The van der Waals surface area contributed by atoms with E-state index in [2.05, 4.69) is 0 Å². The normalized spacial score (nSPS) is 30.6. The first-order valence-electron chi connectivity index (χ1n) is 3.59. The van der Waals surface area contributed by atoms with E-state index in [0.29, 0.717) is 19.6 Å². The predicted molar refractivity (Wildman–Crippen MR) is 37.2 cm³/mol. The summed E-state index contributed by atoms with van der Waals surface area (Å²) in [4.78, 5) is 10.4. The van der Waals surface area contributed by atoms with Crippen LogP contribution in [0.4, 0.5) is 0 Å². The lowest BCUT2D eigenvalue weighted by atomic mass is 9.85. The summed E-state index contributed by atoms with van der Waals surface area (Å²) in [5.41, 5.74) is -0.508. The van der Waals surface area contributed by atoms with Gasteiger partial charge in [-0.05, 0) is 6.42 Å². The Morgan fingerprint density at radius 1 is 1.64 bits per heavy atom. The van der Waals surface area contributed by atoms with Gasteiger partial charge in [-0.3, -0.25) is 4.79 Å². The highest BCUT2D eigenvalue weighted by molar-refractivity contribution is 5.67. The van der Waals surface area contributed by atoms with Crippen LogP contribution in [0.3, 0.4) is 0 Å². The smallest absolute Gasteiger partial charge is 0.304 e. The number of carboxylic acids is 1. The van der Waals surface area contributed by atoms with Crippen LogP contribution in [0.15, 0.2) is 0 Å². The number of carboxylic acid groups (broad SMARTS) is 1. The fourth-order valence-electron chi connectivity index (χ4n) is 1.29. The second-order valence-corrected chi connectivity index (χ2v) is 3.03. The van der Waals surface area contributed by atoms with Gasteiger partial charge >= 0.3 is 5.97 Å². The van der Waals surface area contributed by atoms with Crippen LogP contribution in [0.5, 0.6) is 0 Å². The van der Waals surface area contributed by atoms with E-state index < -0.39 is 11.4 Å². The molecule has 1 aliphatic heterocycles. The molecule has 1 atom stereocenters. The maximum atomic E-state index is 10.4. The van der Waals surface area contributed by atoms with Gasteiger partial charge in [0.1, 0.15) is 0 Å². The number of hydrogen-bond acceptors (Lipinski definition) is 3. The van der Waals surface area contributed by atoms with Crippen molar-refractivity contribution < 1.29 is 19.7 Å². The van der Waals surface area contributed by atoms with Gasteiger partial charge < -0.3 is 14.9 Å². The highest BCUT2D eigenvalue weighted by Gasteiger charge is 2.36. The molecule has 1 heterocycles. The van der Waals surface area contributed by atoms with Crippen molar-refractivity contribution in [3.63, 3.8) is 0 Å². The number of rotatable bonds is 3. The van der Waals surface area contributed by atoms with E-state index in [1.165, 1.54) is 0 Å². The third-order valence-corrected chi connectivity index (χ3v) is 2.05. The standard InChI is InChI=1S/C7H12O4/c8-4-7(3-6(9)10)1-2-11-5-7/h8H,1-5H2,(H,9,10). The van der Waals surface area contributed by atoms with E-state index in [9.17, 15) is 4.79 Å². The van der Waals surface area contributed by atoms with Crippen molar-refractivity contribution in [1.29, 1.82) is 0 Å². The number of carbonyl (C=O) groups is 1. The molecule has 1 rings (SSSR count). The van der Waals surface area contributed by atoms with Gasteiger partial charge in [-0.15, -0.1) is 0 Å². The second-order valence-electron chi connectivity index (χ2n) is 3.03. The Morgan fingerprint density at radius 2 is 2.36 bits per heavy atom. The van der Waals surface area contributed by atoms with Crippen LogP contribution in [-0.2, 0) is 9.53 Å². The highest BCUT2D eigenvalue weighted by atomic mass is 16.5. The first kappa shape index (κ1) is 8.49. The Kier molecular flexibility index (Phi) is 2.46. The molecule has 1 aliphatic rings. The Hall–Kier alpha value is -0.610. The average Bonchev–Trinajstić information content (AvgIpc) is 2.36. The van der Waals surface area contributed by atoms with E-state index in [-0.39, 0.29) is 13.0 Å². The molecule has 64 valence electrons. The van der Waals surface area contributed by atoms with Crippen LogP contribution in [0.1, 0.15) is 12.8 Å². The van der Waals surface area contributed by atoms with Crippen molar-refractivity contribution in [2.75, 3.05) is 19.8 Å². The largest absolute Gasteiger partial charge is 0.481 e. The van der Waals surface area contributed by atoms with Crippen LogP contribution < -0.4 is 0 Å². The van der Waals surface area contributed by atoms with Crippen molar-refractivity contribution in [2.24, 2.45) is 5.41 Å². The van der Waals surface area contributed by atoms with E-state index in [4.69, 9.17) is 14.9 Å². The monoisotopic (exact) mass is 160 g/mol. The van der Waals surface area contributed by atoms with Crippen molar-refractivity contribution in [1.82, 2.24) is 0 Å². The zero-order valence-corrected chi connectivity index (χ0v) is 6.25. The lowest BCUT2D eigenvalue weighted by molar-refractivity contribution is -0.140. The minimum absolute atomic E-state index is 0.00347. The zero-order valence-electron chi connectivity index (χ0n) is 6.25. The Labute approximate surface area is 64.8 Å². The first-order valence-corrected chi connectivity index (χ1v) is 3.59. The second kappa shape index (κ2) is 3.19. The molecule has 0 aromatic heterocycles. The maximum Gasteiger partial charge on any atom is 0.304 e. The van der Waals surface area contributed by atoms with Crippen LogP contribution in [0.25, 0.3) is 0 Å². The molecule has 0 aliphatic carbocycles. The van der Waals surface area contributed by atoms with Crippen molar-refractivity contribution in [2.45, 2.75) is 12.8 Å². The van der Waals surface area contributed by atoms with Gasteiger partial charge in [0.25, 0.3) is 0 Å². The number of ether oxygens (including phenoxy) is 1. The average molecular weight is 160 g/mol. The molecule has 0 spiro atoms. The number of aliphatic hydroxyl groups is 1. The van der Waals surface area contributed by atoms with E-state index >= 15 is 0 Å². The predicted octanol–water partition coefficient (Wildman–Crippen LogP) is -0.140. The zero-order chi connectivity index (χ0) is 8.32. The SMILES string of the molecule is O=C(O)CC1(CO)CCOC1. The molecule has 0 aromatic rings. The third kappa shape index (κ3) is 1.91. The van der Waals surface area contributed by atoms with Gasteiger partial charge in [0.2, 0.25) is 0 Å². The Bertz CT molecular complexity index is 149. The lowest BCUT2D eigenvalue weighted by Gasteiger charge is -2.21. The number of aliphatic hydroxyl groups excluding tert-OH is 1. The molecule has 0 aromatic carbocycles. The maximum absolute atomic E-state index is 10.4. The third-order valence-electron chi connectivity index (χ3n) is 2.05. The van der Waals surface area contributed by atoms with Crippen molar-refractivity contribution in [3.8, 4) is 0 Å². The summed E-state index contributed by atoms with van der Waals surface area (Å²) < 4.78 is 5.03. The number of hydrogen-bond donors (Lipinski definition) is 2. The summed E-state index contributed by atoms with van der Waals surface area (Å²) in [5, 5.41) is 17.4. The molecule has 2 N–H and O–H groups in total. The van der Waals surface area contributed by atoms with Gasteiger partial charge in [-0.2, -0.15) is 0 Å². The van der Waals surface area contributed by atoms with E-state index in [0.717, 1.165) is 0 Å². The van der Waals surface area contributed by atoms with Crippen molar-refractivity contribution >= 4 is 5.97 Å². The quantitative estimate of drug-likeness (QED) is 0.603. The summed E-state index contributed by atoms with van der Waals surface area (Å²) in [6.07, 6.45) is 0.652. The summed E-state index contributed by atoms with van der Waals surface area (Å²) in [6, 6.07) is 0. The van der Waals surface area contributed by atoms with E-state index in [1.54, 1.807) is 0 Å². The van der Waals surface area contributed by atoms with E-state index in [1.807, 2.05) is 0 Å².